The maximum absolute atomic E-state index is 13.9. The monoisotopic (exact) mass is 391 g/mol. The van der Waals surface area contributed by atoms with E-state index < -0.39 is 36.4 Å². The van der Waals surface area contributed by atoms with Crippen molar-refractivity contribution in [1.29, 1.82) is 0 Å². The third kappa shape index (κ3) is 5.64. The van der Waals surface area contributed by atoms with Crippen molar-refractivity contribution >= 4 is 11.9 Å². The molecular formula is C21H23F2NO4. The lowest BCUT2D eigenvalue weighted by atomic mass is 10.1. The van der Waals surface area contributed by atoms with Gasteiger partial charge in [0.1, 0.15) is 0 Å². The molecule has 0 bridgehead atoms. The highest BCUT2D eigenvalue weighted by molar-refractivity contribution is 5.87. The Balaban J connectivity index is 2.02. The number of carboxylic acids is 1. The van der Waals surface area contributed by atoms with Gasteiger partial charge in [-0.2, -0.15) is 8.78 Å². The van der Waals surface area contributed by atoms with E-state index in [0.29, 0.717) is 19.3 Å². The molecule has 7 heteroatoms. The summed E-state index contributed by atoms with van der Waals surface area (Å²) in [4.78, 5) is 24.0. The number of aliphatic hydroxyl groups excluding tert-OH is 1. The number of likely N-dealkylation sites (tertiary alicyclic amines) is 1. The normalized spacial score (nSPS) is 19.5. The van der Waals surface area contributed by atoms with Crippen LogP contribution >= 0.6 is 0 Å². The van der Waals surface area contributed by atoms with Crippen molar-refractivity contribution in [2.45, 2.75) is 50.7 Å². The number of benzene rings is 1. The Bertz CT molecular complexity index is 793. The minimum absolute atomic E-state index is 0.0766. The summed E-state index contributed by atoms with van der Waals surface area (Å²) in [7, 11) is 0. The lowest BCUT2D eigenvalue weighted by molar-refractivity contribution is -0.148. The average Bonchev–Trinajstić information content (AvgIpc) is 2.87. The van der Waals surface area contributed by atoms with E-state index in [1.807, 2.05) is 0 Å². The van der Waals surface area contributed by atoms with Crippen molar-refractivity contribution in [3.05, 3.63) is 47.5 Å². The molecule has 0 spiro atoms. The zero-order valence-corrected chi connectivity index (χ0v) is 15.6. The van der Waals surface area contributed by atoms with Gasteiger partial charge in [0.05, 0.1) is 17.7 Å². The third-order valence-corrected chi connectivity index (χ3v) is 4.58. The molecule has 1 fully saturated rings. The van der Waals surface area contributed by atoms with Crippen molar-refractivity contribution in [3.63, 3.8) is 0 Å². The molecule has 0 saturated carbocycles. The molecule has 2 N–H and O–H groups in total. The molecule has 28 heavy (non-hydrogen) atoms. The van der Waals surface area contributed by atoms with Crippen LogP contribution in [0.3, 0.4) is 0 Å². The zero-order valence-electron chi connectivity index (χ0n) is 15.6. The maximum Gasteiger partial charge on any atom is 0.335 e. The predicted molar refractivity (Wildman–Crippen MR) is 100 cm³/mol. The second-order valence-electron chi connectivity index (χ2n) is 6.64. The number of nitrogens with zero attached hydrogens (tertiary/aromatic N) is 1. The van der Waals surface area contributed by atoms with Crippen LogP contribution in [0.2, 0.25) is 0 Å². The van der Waals surface area contributed by atoms with Gasteiger partial charge in [0.15, 0.2) is 0 Å². The molecule has 1 aromatic carbocycles. The number of halogens is 2. The molecule has 2 rings (SSSR count). The van der Waals surface area contributed by atoms with Gasteiger partial charge >= 0.3 is 11.9 Å². The van der Waals surface area contributed by atoms with E-state index in [-0.39, 0.29) is 12.1 Å². The Labute approximate surface area is 162 Å². The Morgan fingerprint density at radius 2 is 2.07 bits per heavy atom. The van der Waals surface area contributed by atoms with Crippen LogP contribution < -0.4 is 0 Å². The fourth-order valence-corrected chi connectivity index (χ4v) is 3.02. The molecule has 5 nitrogen and oxygen atoms in total. The summed E-state index contributed by atoms with van der Waals surface area (Å²) < 4.78 is 27.8. The number of carbonyl (C=O) groups excluding carboxylic acids is 1. The molecule has 1 amide bonds. The Morgan fingerprint density at radius 1 is 1.39 bits per heavy atom. The topological polar surface area (TPSA) is 77.8 Å². The molecule has 1 heterocycles. The largest absolute Gasteiger partial charge is 0.478 e. The van der Waals surface area contributed by atoms with Gasteiger partial charge in [-0.25, -0.2) is 4.79 Å². The summed E-state index contributed by atoms with van der Waals surface area (Å²) in [5.74, 6) is -0.166. The van der Waals surface area contributed by atoms with E-state index in [1.165, 1.54) is 24.3 Å². The van der Waals surface area contributed by atoms with E-state index in [1.54, 1.807) is 19.1 Å². The average molecular weight is 391 g/mol. The number of aliphatic hydroxyl groups is 1. The molecule has 150 valence electrons. The Morgan fingerprint density at radius 3 is 2.68 bits per heavy atom. The molecule has 1 saturated heterocycles. The second-order valence-corrected chi connectivity index (χ2v) is 6.64. The van der Waals surface area contributed by atoms with Gasteiger partial charge in [-0.15, -0.1) is 11.8 Å². The summed E-state index contributed by atoms with van der Waals surface area (Å²) in [5.41, 5.74) is 0.879. The number of carboxylic acid groups (broad SMARTS) is 1. The first-order chi connectivity index (χ1) is 13.2. The summed E-state index contributed by atoms with van der Waals surface area (Å²) in [5, 5.41) is 18.8. The first kappa shape index (κ1) is 21.6. The molecule has 2 atom stereocenters. The summed E-state index contributed by atoms with van der Waals surface area (Å²) in [6, 6.07) is 5.28. The molecule has 1 aromatic rings. The quantitative estimate of drug-likeness (QED) is 0.528. The molecule has 2 unspecified atom stereocenters. The van der Waals surface area contributed by atoms with Crippen LogP contribution in [0.4, 0.5) is 8.78 Å². The van der Waals surface area contributed by atoms with E-state index in [4.69, 9.17) is 5.11 Å². The van der Waals surface area contributed by atoms with E-state index in [9.17, 15) is 23.5 Å². The van der Waals surface area contributed by atoms with E-state index in [2.05, 4.69) is 11.8 Å². The number of rotatable bonds is 8. The second kappa shape index (κ2) is 9.47. The number of alkyl halides is 2. The first-order valence-electron chi connectivity index (χ1n) is 9.01. The number of hydrogen-bond acceptors (Lipinski definition) is 3. The predicted octanol–water partition coefficient (Wildman–Crippen LogP) is 2.88. The minimum atomic E-state index is -3.43. The molecule has 1 aliphatic rings. The molecule has 0 radical (unpaired) electrons. The van der Waals surface area contributed by atoms with Crippen LogP contribution in [-0.2, 0) is 11.2 Å². The fraction of sp³-hybridized carbons (Fsp3) is 0.429. The lowest BCUT2D eigenvalue weighted by Gasteiger charge is -2.22. The highest BCUT2D eigenvalue weighted by Crippen LogP contribution is 2.34. The van der Waals surface area contributed by atoms with Gasteiger partial charge in [-0.1, -0.05) is 24.3 Å². The van der Waals surface area contributed by atoms with Crippen molar-refractivity contribution in [1.82, 2.24) is 4.90 Å². The van der Waals surface area contributed by atoms with Crippen LogP contribution in [0.25, 0.3) is 0 Å². The highest BCUT2D eigenvalue weighted by Gasteiger charge is 2.52. The number of amides is 1. The smallest absolute Gasteiger partial charge is 0.335 e. The fourth-order valence-electron chi connectivity index (χ4n) is 3.02. The van der Waals surface area contributed by atoms with Crippen molar-refractivity contribution < 1.29 is 28.6 Å². The van der Waals surface area contributed by atoms with Gasteiger partial charge in [-0.3, -0.25) is 4.79 Å². The van der Waals surface area contributed by atoms with Crippen LogP contribution in [0.15, 0.2) is 36.4 Å². The number of hydrogen-bond donors (Lipinski definition) is 2. The standard InChI is InChI=1S/C21H23F2NO4/c1-2-3-4-5-18(25)11-10-17-14-21(22,23)20(28)24(17)13-12-15-6-8-16(9-7-15)19(26)27/h6-11,17-18,25H,4-5,12-14H2,1H3,(H,26,27)/b11-10+. The Hall–Kier alpha value is -2.72. The third-order valence-electron chi connectivity index (χ3n) is 4.58. The van der Waals surface area contributed by atoms with Crippen molar-refractivity contribution in [3.8, 4) is 11.8 Å². The highest BCUT2D eigenvalue weighted by atomic mass is 19.3. The van der Waals surface area contributed by atoms with Gasteiger partial charge in [0, 0.05) is 19.4 Å². The maximum atomic E-state index is 13.9. The van der Waals surface area contributed by atoms with Gasteiger partial charge in [0.2, 0.25) is 0 Å². The number of aromatic carboxylic acids is 1. The summed E-state index contributed by atoms with van der Waals surface area (Å²) >= 11 is 0. The summed E-state index contributed by atoms with van der Waals surface area (Å²) in [6.45, 7) is 1.77. The Kier molecular flexibility index (Phi) is 7.30. The van der Waals surface area contributed by atoms with Crippen molar-refractivity contribution in [2.75, 3.05) is 6.54 Å². The van der Waals surface area contributed by atoms with Crippen LogP contribution in [0.1, 0.15) is 42.1 Å². The number of carbonyl (C=O) groups is 2. The molecular weight excluding hydrogens is 368 g/mol. The van der Waals surface area contributed by atoms with E-state index in [0.717, 1.165) is 10.5 Å². The molecule has 0 aliphatic carbocycles. The molecule has 1 aliphatic heterocycles. The first-order valence-corrected chi connectivity index (χ1v) is 9.01. The van der Waals surface area contributed by atoms with E-state index >= 15 is 0 Å². The zero-order chi connectivity index (χ0) is 20.7. The molecule has 0 aromatic heterocycles. The van der Waals surface area contributed by atoms with Crippen LogP contribution in [0.5, 0.6) is 0 Å². The van der Waals surface area contributed by atoms with Gasteiger partial charge in [0.25, 0.3) is 5.91 Å². The van der Waals surface area contributed by atoms with Crippen LogP contribution in [0, 0.1) is 11.8 Å². The lowest BCUT2D eigenvalue weighted by Crippen LogP contribution is -2.37. The van der Waals surface area contributed by atoms with Crippen LogP contribution in [-0.4, -0.2) is 51.6 Å². The van der Waals surface area contributed by atoms with Gasteiger partial charge in [-0.05, 0) is 37.5 Å². The van der Waals surface area contributed by atoms with Gasteiger partial charge < -0.3 is 15.1 Å². The SMILES string of the molecule is CC#CCCC(O)/C=C/C1CC(F)(F)C(=O)N1CCc1ccc(C(=O)O)cc1. The van der Waals surface area contributed by atoms with Crippen molar-refractivity contribution in [2.24, 2.45) is 0 Å². The summed E-state index contributed by atoms with van der Waals surface area (Å²) in [6.07, 6.45) is 2.67. The minimum Gasteiger partial charge on any atom is -0.478 e.